The van der Waals surface area contributed by atoms with E-state index in [1.807, 2.05) is 0 Å². The molecule has 0 radical (unpaired) electrons. The molecule has 1 aromatic heterocycles. The van der Waals surface area contributed by atoms with Crippen molar-refractivity contribution in [1.82, 2.24) is 0 Å². The predicted octanol–water partition coefficient (Wildman–Crippen LogP) is 4.75. The molecule has 3 N–H and O–H groups in total. The Morgan fingerprint density at radius 3 is 2.00 bits per heavy atom. The molecule has 1 heterocycles. The zero-order valence-electron chi connectivity index (χ0n) is 14.7. The van der Waals surface area contributed by atoms with Crippen LogP contribution in [0.25, 0.3) is 34.4 Å². The van der Waals surface area contributed by atoms with Gasteiger partial charge in [0, 0.05) is 5.56 Å². The maximum absolute atomic E-state index is 13.1. The van der Waals surface area contributed by atoms with Crippen molar-refractivity contribution in [1.29, 1.82) is 0 Å². The lowest BCUT2D eigenvalue weighted by Gasteiger charge is -2.08. The van der Waals surface area contributed by atoms with Crippen LogP contribution < -0.4 is 5.43 Å². The van der Waals surface area contributed by atoms with Crippen LogP contribution >= 0.6 is 0 Å². The Balaban J connectivity index is 1.94. The lowest BCUT2D eigenvalue weighted by atomic mass is 10.0. The molecule has 0 aliphatic carbocycles. The van der Waals surface area contributed by atoms with Crippen molar-refractivity contribution in [2.45, 2.75) is 0 Å². The summed E-state index contributed by atoms with van der Waals surface area (Å²) < 4.78 is 5.98. The van der Waals surface area contributed by atoms with E-state index in [0.717, 1.165) is 5.56 Å². The molecule has 0 unspecified atom stereocenters. The first-order valence-electron chi connectivity index (χ1n) is 8.57. The second kappa shape index (κ2) is 6.96. The summed E-state index contributed by atoms with van der Waals surface area (Å²) in [6.07, 6.45) is 3.38. The zero-order chi connectivity index (χ0) is 19.7. The third-order valence-corrected chi connectivity index (χ3v) is 4.37. The molecule has 0 aliphatic heterocycles. The van der Waals surface area contributed by atoms with Crippen LogP contribution in [0.1, 0.15) is 11.1 Å². The molecule has 0 saturated carbocycles. The topological polar surface area (TPSA) is 90.9 Å². The fraction of sp³-hybridized carbons (Fsp3) is 0. The fourth-order valence-electron chi connectivity index (χ4n) is 2.94. The molecule has 0 bridgehead atoms. The molecule has 0 atom stereocenters. The molecule has 5 heteroatoms. The third-order valence-electron chi connectivity index (χ3n) is 4.37. The van der Waals surface area contributed by atoms with Gasteiger partial charge in [0.25, 0.3) is 0 Å². The predicted molar refractivity (Wildman–Crippen MR) is 108 cm³/mol. The quantitative estimate of drug-likeness (QED) is 0.483. The number of hydrogen-bond donors (Lipinski definition) is 3. The van der Waals surface area contributed by atoms with E-state index in [2.05, 4.69) is 0 Å². The van der Waals surface area contributed by atoms with Crippen LogP contribution in [0.15, 0.2) is 75.9 Å². The van der Waals surface area contributed by atoms with Crippen LogP contribution in [-0.2, 0) is 0 Å². The first kappa shape index (κ1) is 17.4. The average Bonchev–Trinajstić information content (AvgIpc) is 2.69. The maximum atomic E-state index is 13.1. The standard InChI is InChI=1S/C23H16O5/c24-16-6-1-14(2-7-16)3-11-19-22(27)20-13-18(26)10-12-21(20)28-23(19)15-4-8-17(25)9-5-15/h1-13,24-26H/b11-3+. The molecule has 0 aliphatic rings. The van der Waals surface area contributed by atoms with Gasteiger partial charge in [0.1, 0.15) is 28.6 Å². The second-order valence-corrected chi connectivity index (χ2v) is 6.33. The molecule has 4 aromatic rings. The van der Waals surface area contributed by atoms with Gasteiger partial charge in [-0.1, -0.05) is 18.2 Å². The summed E-state index contributed by atoms with van der Waals surface area (Å²) in [6.45, 7) is 0. The number of benzene rings is 3. The number of phenols is 3. The smallest absolute Gasteiger partial charge is 0.200 e. The average molecular weight is 372 g/mol. The molecule has 28 heavy (non-hydrogen) atoms. The fourth-order valence-corrected chi connectivity index (χ4v) is 2.94. The lowest BCUT2D eigenvalue weighted by molar-refractivity contribution is 0.474. The van der Waals surface area contributed by atoms with E-state index in [-0.39, 0.29) is 28.1 Å². The molecule has 4 rings (SSSR count). The lowest BCUT2D eigenvalue weighted by Crippen LogP contribution is -2.07. The van der Waals surface area contributed by atoms with Crippen LogP contribution in [0.4, 0.5) is 0 Å². The van der Waals surface area contributed by atoms with Crippen molar-refractivity contribution in [3.63, 3.8) is 0 Å². The monoisotopic (exact) mass is 372 g/mol. The van der Waals surface area contributed by atoms with Gasteiger partial charge in [-0.3, -0.25) is 4.79 Å². The molecular weight excluding hydrogens is 356 g/mol. The molecule has 0 spiro atoms. The largest absolute Gasteiger partial charge is 0.508 e. The number of aromatic hydroxyl groups is 3. The van der Waals surface area contributed by atoms with E-state index in [4.69, 9.17) is 4.42 Å². The van der Waals surface area contributed by atoms with Gasteiger partial charge in [-0.25, -0.2) is 0 Å². The van der Waals surface area contributed by atoms with Gasteiger partial charge < -0.3 is 19.7 Å². The highest BCUT2D eigenvalue weighted by Gasteiger charge is 2.15. The van der Waals surface area contributed by atoms with Crippen molar-refractivity contribution >= 4 is 23.1 Å². The summed E-state index contributed by atoms with van der Waals surface area (Å²) in [7, 11) is 0. The minimum atomic E-state index is -0.282. The van der Waals surface area contributed by atoms with Gasteiger partial charge in [0.2, 0.25) is 5.43 Å². The van der Waals surface area contributed by atoms with Gasteiger partial charge in [-0.2, -0.15) is 0 Å². The summed E-state index contributed by atoms with van der Waals surface area (Å²) in [4.78, 5) is 13.1. The van der Waals surface area contributed by atoms with Crippen LogP contribution in [0.2, 0.25) is 0 Å². The van der Waals surface area contributed by atoms with E-state index in [1.54, 1.807) is 54.6 Å². The van der Waals surface area contributed by atoms with Gasteiger partial charge >= 0.3 is 0 Å². The molecule has 0 saturated heterocycles. The number of fused-ring (bicyclic) bond motifs is 1. The van der Waals surface area contributed by atoms with E-state index in [0.29, 0.717) is 22.5 Å². The third kappa shape index (κ3) is 3.33. The van der Waals surface area contributed by atoms with E-state index in [1.165, 1.54) is 24.3 Å². The van der Waals surface area contributed by atoms with Crippen molar-refractivity contribution < 1.29 is 19.7 Å². The summed E-state index contributed by atoms with van der Waals surface area (Å²) >= 11 is 0. The van der Waals surface area contributed by atoms with Gasteiger partial charge in [-0.15, -0.1) is 0 Å². The number of phenolic OH excluding ortho intramolecular Hbond substituents is 3. The van der Waals surface area contributed by atoms with Gasteiger partial charge in [-0.05, 0) is 66.2 Å². The Bertz CT molecular complexity index is 1230. The molecule has 5 nitrogen and oxygen atoms in total. The molecular formula is C23H16O5. The van der Waals surface area contributed by atoms with E-state index in [9.17, 15) is 20.1 Å². The molecule has 0 fully saturated rings. The highest BCUT2D eigenvalue weighted by molar-refractivity contribution is 5.87. The van der Waals surface area contributed by atoms with Crippen molar-refractivity contribution in [2.24, 2.45) is 0 Å². The van der Waals surface area contributed by atoms with Gasteiger partial charge in [0.05, 0.1) is 10.9 Å². The molecule has 3 aromatic carbocycles. The van der Waals surface area contributed by atoms with E-state index < -0.39 is 0 Å². The highest BCUT2D eigenvalue weighted by Crippen LogP contribution is 2.29. The number of hydrogen-bond acceptors (Lipinski definition) is 5. The second-order valence-electron chi connectivity index (χ2n) is 6.33. The normalized spacial score (nSPS) is 11.3. The Kier molecular flexibility index (Phi) is 4.33. The maximum Gasteiger partial charge on any atom is 0.200 e. The van der Waals surface area contributed by atoms with Crippen LogP contribution in [0, 0.1) is 0 Å². The van der Waals surface area contributed by atoms with Crippen LogP contribution in [-0.4, -0.2) is 15.3 Å². The summed E-state index contributed by atoms with van der Waals surface area (Å²) in [5.41, 5.74) is 1.82. The molecule has 138 valence electrons. The number of rotatable bonds is 3. The van der Waals surface area contributed by atoms with Crippen LogP contribution in [0.5, 0.6) is 17.2 Å². The minimum absolute atomic E-state index is 0.0225. The molecule has 0 amide bonds. The zero-order valence-corrected chi connectivity index (χ0v) is 14.7. The van der Waals surface area contributed by atoms with Crippen molar-refractivity contribution in [3.8, 4) is 28.6 Å². The van der Waals surface area contributed by atoms with Crippen molar-refractivity contribution in [2.75, 3.05) is 0 Å². The Morgan fingerprint density at radius 1 is 0.714 bits per heavy atom. The highest BCUT2D eigenvalue weighted by atomic mass is 16.3. The van der Waals surface area contributed by atoms with Crippen molar-refractivity contribution in [3.05, 3.63) is 88.1 Å². The first-order chi connectivity index (χ1) is 13.5. The Hall–Kier alpha value is -3.99. The first-order valence-corrected chi connectivity index (χ1v) is 8.57. The summed E-state index contributed by atoms with van der Waals surface area (Å²) in [5.74, 6) is 0.601. The van der Waals surface area contributed by atoms with Gasteiger partial charge in [0.15, 0.2) is 0 Å². The Labute approximate surface area is 160 Å². The van der Waals surface area contributed by atoms with Crippen LogP contribution in [0.3, 0.4) is 0 Å². The minimum Gasteiger partial charge on any atom is -0.508 e. The van der Waals surface area contributed by atoms with E-state index >= 15 is 0 Å². The Morgan fingerprint density at radius 2 is 1.32 bits per heavy atom. The SMILES string of the molecule is O=c1c(/C=C/c2ccc(O)cc2)c(-c2ccc(O)cc2)oc2ccc(O)cc12. The summed E-state index contributed by atoms with van der Waals surface area (Å²) in [5, 5.41) is 29.0. The summed E-state index contributed by atoms with van der Waals surface area (Å²) in [6, 6.07) is 17.3.